The minimum Gasteiger partial charge on any atom is -0.480 e. The van der Waals surface area contributed by atoms with Crippen molar-refractivity contribution < 1.29 is 19.5 Å². The van der Waals surface area contributed by atoms with Crippen LogP contribution in [0, 0.1) is 5.92 Å². The Labute approximate surface area is 112 Å². The Bertz CT molecular complexity index is 370. The number of carbonyl (C=O) groups is 3. The fourth-order valence-corrected chi connectivity index (χ4v) is 2.37. The number of amides is 3. The first-order chi connectivity index (χ1) is 8.82. The van der Waals surface area contributed by atoms with Gasteiger partial charge in [-0.25, -0.2) is 9.59 Å². The van der Waals surface area contributed by atoms with E-state index in [0.717, 1.165) is 12.8 Å². The molecule has 1 fully saturated rings. The largest absolute Gasteiger partial charge is 0.480 e. The molecule has 3 amide bonds. The first-order valence-corrected chi connectivity index (χ1v) is 6.41. The van der Waals surface area contributed by atoms with Gasteiger partial charge in [0.15, 0.2) is 0 Å². The summed E-state index contributed by atoms with van der Waals surface area (Å²) in [4.78, 5) is 35.4. The molecule has 19 heavy (non-hydrogen) atoms. The minimum atomic E-state index is -1.27. The van der Waals surface area contributed by atoms with Gasteiger partial charge in [-0.1, -0.05) is 13.8 Å². The molecule has 7 heteroatoms. The molecular weight excluding hydrogens is 250 g/mol. The molecule has 1 heterocycles. The molecule has 1 aliphatic heterocycles. The SMILES string of the molecule is CC(C)C1CCCN1C(=O)N[C@@H](CC(N)=O)C(=O)O. The number of primary amides is 1. The van der Waals surface area contributed by atoms with Gasteiger partial charge in [-0.15, -0.1) is 0 Å². The number of nitrogens with zero attached hydrogens (tertiary/aromatic N) is 1. The number of aliphatic carboxylic acids is 1. The number of carboxylic acids is 1. The van der Waals surface area contributed by atoms with Gasteiger partial charge in [-0.2, -0.15) is 0 Å². The van der Waals surface area contributed by atoms with Crippen molar-refractivity contribution in [3.8, 4) is 0 Å². The van der Waals surface area contributed by atoms with Gasteiger partial charge in [-0.05, 0) is 18.8 Å². The van der Waals surface area contributed by atoms with Crippen molar-refractivity contribution in [2.75, 3.05) is 6.54 Å². The highest BCUT2D eigenvalue weighted by Crippen LogP contribution is 2.23. The lowest BCUT2D eigenvalue weighted by molar-refractivity contribution is -0.141. The Balaban J connectivity index is 2.66. The van der Waals surface area contributed by atoms with E-state index in [0.29, 0.717) is 12.5 Å². The summed E-state index contributed by atoms with van der Waals surface area (Å²) in [6.45, 7) is 4.65. The van der Waals surface area contributed by atoms with Crippen molar-refractivity contribution in [1.29, 1.82) is 0 Å². The van der Waals surface area contributed by atoms with Crippen molar-refractivity contribution in [1.82, 2.24) is 10.2 Å². The van der Waals surface area contributed by atoms with E-state index in [1.165, 1.54) is 0 Å². The molecule has 1 unspecified atom stereocenters. The van der Waals surface area contributed by atoms with Gasteiger partial charge in [0.2, 0.25) is 5.91 Å². The summed E-state index contributed by atoms with van der Waals surface area (Å²) in [5.41, 5.74) is 4.97. The second-order valence-electron chi connectivity index (χ2n) is 5.16. The summed E-state index contributed by atoms with van der Waals surface area (Å²) < 4.78 is 0. The van der Waals surface area contributed by atoms with E-state index in [9.17, 15) is 14.4 Å². The number of nitrogens with two attached hydrogens (primary N) is 1. The summed E-state index contributed by atoms with van der Waals surface area (Å²) in [6.07, 6.45) is 1.42. The molecule has 108 valence electrons. The second-order valence-corrected chi connectivity index (χ2v) is 5.16. The number of carboxylic acid groups (broad SMARTS) is 1. The van der Waals surface area contributed by atoms with E-state index in [1.807, 2.05) is 13.8 Å². The topological polar surface area (TPSA) is 113 Å². The normalized spacial score (nSPS) is 20.4. The monoisotopic (exact) mass is 271 g/mol. The maximum atomic E-state index is 12.1. The van der Waals surface area contributed by atoms with Gasteiger partial charge in [0.05, 0.1) is 6.42 Å². The molecule has 0 bridgehead atoms. The van der Waals surface area contributed by atoms with Crippen molar-refractivity contribution in [2.24, 2.45) is 11.7 Å². The van der Waals surface area contributed by atoms with Crippen LogP contribution in [0.25, 0.3) is 0 Å². The number of hydrogen-bond donors (Lipinski definition) is 3. The van der Waals surface area contributed by atoms with Crippen LogP contribution in [-0.4, -0.2) is 46.5 Å². The highest BCUT2D eigenvalue weighted by molar-refractivity contribution is 5.87. The number of urea groups is 1. The summed E-state index contributed by atoms with van der Waals surface area (Å²) >= 11 is 0. The average molecular weight is 271 g/mol. The number of hydrogen-bond acceptors (Lipinski definition) is 3. The van der Waals surface area contributed by atoms with E-state index in [1.54, 1.807) is 4.90 Å². The van der Waals surface area contributed by atoms with E-state index in [2.05, 4.69) is 5.32 Å². The zero-order valence-electron chi connectivity index (χ0n) is 11.3. The fourth-order valence-electron chi connectivity index (χ4n) is 2.37. The Kier molecular flexibility index (Phi) is 5.14. The molecule has 0 saturated carbocycles. The lowest BCUT2D eigenvalue weighted by Gasteiger charge is -2.29. The van der Waals surface area contributed by atoms with Crippen LogP contribution in [-0.2, 0) is 9.59 Å². The Morgan fingerprint density at radius 1 is 1.42 bits per heavy atom. The lowest BCUT2D eigenvalue weighted by Crippen LogP contribution is -2.51. The molecule has 1 saturated heterocycles. The number of rotatable bonds is 5. The molecule has 1 aliphatic rings. The summed E-state index contributed by atoms with van der Waals surface area (Å²) in [5.74, 6) is -1.70. The predicted octanol–water partition coefficient (Wildman–Crippen LogP) is 0.145. The fraction of sp³-hybridized carbons (Fsp3) is 0.750. The number of carbonyl (C=O) groups excluding carboxylic acids is 2. The second kappa shape index (κ2) is 6.40. The van der Waals surface area contributed by atoms with Crippen molar-refractivity contribution in [3.05, 3.63) is 0 Å². The first kappa shape index (κ1) is 15.3. The van der Waals surface area contributed by atoms with Gasteiger partial charge in [0.25, 0.3) is 0 Å². The molecule has 2 atom stereocenters. The van der Waals surface area contributed by atoms with Gasteiger partial charge in [-0.3, -0.25) is 4.79 Å². The number of nitrogens with one attached hydrogen (secondary N) is 1. The quantitative estimate of drug-likeness (QED) is 0.660. The van der Waals surface area contributed by atoms with E-state index < -0.39 is 30.4 Å². The molecule has 7 nitrogen and oxygen atoms in total. The summed E-state index contributed by atoms with van der Waals surface area (Å²) in [7, 11) is 0. The molecule has 1 rings (SSSR count). The predicted molar refractivity (Wildman–Crippen MR) is 68.3 cm³/mol. The molecule has 0 aromatic rings. The molecule has 0 spiro atoms. The van der Waals surface area contributed by atoms with Gasteiger partial charge in [0, 0.05) is 12.6 Å². The third-order valence-corrected chi connectivity index (χ3v) is 3.33. The first-order valence-electron chi connectivity index (χ1n) is 6.41. The third kappa shape index (κ3) is 4.11. The van der Waals surface area contributed by atoms with Crippen LogP contribution < -0.4 is 11.1 Å². The molecule has 0 aliphatic carbocycles. The van der Waals surface area contributed by atoms with E-state index >= 15 is 0 Å². The highest BCUT2D eigenvalue weighted by Gasteiger charge is 2.33. The minimum absolute atomic E-state index is 0.114. The van der Waals surface area contributed by atoms with Crippen LogP contribution in [0.15, 0.2) is 0 Å². The molecule has 0 radical (unpaired) electrons. The van der Waals surface area contributed by atoms with Gasteiger partial charge in [0.1, 0.15) is 6.04 Å². The van der Waals surface area contributed by atoms with Gasteiger partial charge >= 0.3 is 12.0 Å². The Hall–Kier alpha value is -1.79. The van der Waals surface area contributed by atoms with Crippen LogP contribution in [0.5, 0.6) is 0 Å². The third-order valence-electron chi connectivity index (χ3n) is 3.33. The average Bonchev–Trinajstić information content (AvgIpc) is 2.76. The van der Waals surface area contributed by atoms with E-state index in [-0.39, 0.29) is 6.04 Å². The lowest BCUT2D eigenvalue weighted by atomic mass is 10.0. The maximum Gasteiger partial charge on any atom is 0.326 e. The van der Waals surface area contributed by atoms with Crippen LogP contribution in [0.3, 0.4) is 0 Å². The molecule has 4 N–H and O–H groups in total. The van der Waals surface area contributed by atoms with Crippen molar-refractivity contribution in [3.63, 3.8) is 0 Å². The van der Waals surface area contributed by atoms with Crippen LogP contribution >= 0.6 is 0 Å². The molecule has 0 aromatic heterocycles. The van der Waals surface area contributed by atoms with Crippen LogP contribution in [0.4, 0.5) is 4.79 Å². The Morgan fingerprint density at radius 2 is 2.05 bits per heavy atom. The highest BCUT2D eigenvalue weighted by atomic mass is 16.4. The zero-order valence-corrected chi connectivity index (χ0v) is 11.3. The van der Waals surface area contributed by atoms with E-state index in [4.69, 9.17) is 10.8 Å². The summed E-state index contributed by atoms with van der Waals surface area (Å²) in [6, 6.07) is -1.59. The zero-order chi connectivity index (χ0) is 14.6. The summed E-state index contributed by atoms with van der Waals surface area (Å²) in [5, 5.41) is 11.3. The maximum absolute atomic E-state index is 12.1. The van der Waals surface area contributed by atoms with Gasteiger partial charge < -0.3 is 21.1 Å². The smallest absolute Gasteiger partial charge is 0.326 e. The van der Waals surface area contributed by atoms with Crippen molar-refractivity contribution in [2.45, 2.75) is 45.2 Å². The molecule has 0 aromatic carbocycles. The van der Waals surface area contributed by atoms with Crippen molar-refractivity contribution >= 4 is 17.9 Å². The molecular formula is C12H21N3O4. The number of likely N-dealkylation sites (tertiary alicyclic amines) is 1. The van der Waals surface area contributed by atoms with Crippen LogP contribution in [0.2, 0.25) is 0 Å². The standard InChI is InChI=1S/C12H21N3O4/c1-7(2)9-4-3-5-15(9)12(19)14-8(11(17)18)6-10(13)16/h7-9H,3-6H2,1-2H3,(H2,13,16)(H,14,19)(H,17,18)/t8-,9?/m0/s1. The van der Waals surface area contributed by atoms with Crippen LogP contribution in [0.1, 0.15) is 33.1 Å². The Morgan fingerprint density at radius 3 is 2.53 bits per heavy atom.